The van der Waals surface area contributed by atoms with Crippen LogP contribution >= 0.6 is 15.9 Å². The largest absolute Gasteiger partial charge is 0.364 e. The third-order valence-corrected chi connectivity index (χ3v) is 4.41. The van der Waals surface area contributed by atoms with Gasteiger partial charge in [0.1, 0.15) is 0 Å². The van der Waals surface area contributed by atoms with Crippen LogP contribution in [0.15, 0.2) is 59.1 Å². The van der Waals surface area contributed by atoms with Crippen molar-refractivity contribution in [2.45, 2.75) is 38.5 Å². The van der Waals surface area contributed by atoms with Crippen LogP contribution in [0.4, 0.5) is 0 Å². The van der Waals surface area contributed by atoms with Crippen molar-refractivity contribution in [3.63, 3.8) is 0 Å². The Hall–Kier alpha value is -1.16. The second-order valence-corrected chi connectivity index (χ2v) is 6.06. The molecule has 0 radical (unpaired) electrons. The lowest BCUT2D eigenvalue weighted by Gasteiger charge is -2.28. The Bertz CT molecular complexity index is 558. The number of nitrogens with two attached hydrogens (primary N) is 1. The molecule has 2 rings (SSSR count). The minimum atomic E-state index is -0.124. The van der Waals surface area contributed by atoms with Crippen LogP contribution in [0.25, 0.3) is 0 Å². The van der Waals surface area contributed by atoms with E-state index in [1.165, 1.54) is 0 Å². The zero-order valence-electron chi connectivity index (χ0n) is 12.5. The Morgan fingerprint density at radius 2 is 1.67 bits per heavy atom. The zero-order chi connectivity index (χ0) is 15.2. The van der Waals surface area contributed by atoms with Gasteiger partial charge in [0, 0.05) is 10.5 Å². The van der Waals surface area contributed by atoms with Crippen LogP contribution in [-0.4, -0.2) is 6.04 Å². The number of benzene rings is 2. The third-order valence-electron chi connectivity index (χ3n) is 3.69. The summed E-state index contributed by atoms with van der Waals surface area (Å²) in [6, 6.07) is 18.3. The van der Waals surface area contributed by atoms with E-state index in [4.69, 9.17) is 10.5 Å². The lowest BCUT2D eigenvalue weighted by Crippen LogP contribution is -2.30. The van der Waals surface area contributed by atoms with Gasteiger partial charge in [-0.3, -0.25) is 0 Å². The van der Waals surface area contributed by atoms with Gasteiger partial charge in [0.2, 0.25) is 0 Å². The van der Waals surface area contributed by atoms with Gasteiger partial charge < -0.3 is 10.5 Å². The molecule has 0 spiro atoms. The second-order valence-electron chi connectivity index (χ2n) is 5.20. The molecule has 0 bridgehead atoms. The van der Waals surface area contributed by atoms with Crippen molar-refractivity contribution in [3.8, 4) is 0 Å². The topological polar surface area (TPSA) is 35.2 Å². The van der Waals surface area contributed by atoms with E-state index >= 15 is 0 Å². The van der Waals surface area contributed by atoms with E-state index < -0.39 is 0 Å². The maximum atomic E-state index is 6.30. The SMILES string of the molecule is CCC(N)C(OC(C)c1ccccc1)c1ccccc1Br. The third kappa shape index (κ3) is 4.16. The van der Waals surface area contributed by atoms with E-state index in [9.17, 15) is 0 Å². The minimum Gasteiger partial charge on any atom is -0.364 e. The average molecular weight is 348 g/mol. The van der Waals surface area contributed by atoms with Gasteiger partial charge in [0.25, 0.3) is 0 Å². The van der Waals surface area contributed by atoms with Crippen molar-refractivity contribution in [2.24, 2.45) is 5.73 Å². The van der Waals surface area contributed by atoms with Crippen LogP contribution in [0.2, 0.25) is 0 Å². The fourth-order valence-electron chi connectivity index (χ4n) is 2.35. The molecule has 2 aromatic rings. The van der Waals surface area contributed by atoms with E-state index in [0.717, 1.165) is 22.0 Å². The quantitative estimate of drug-likeness (QED) is 0.797. The Balaban J connectivity index is 2.24. The predicted octanol–water partition coefficient (Wildman–Crippen LogP) is 5.01. The summed E-state index contributed by atoms with van der Waals surface area (Å²) in [4.78, 5) is 0. The highest BCUT2D eigenvalue weighted by atomic mass is 79.9. The highest BCUT2D eigenvalue weighted by molar-refractivity contribution is 9.10. The van der Waals surface area contributed by atoms with Crippen LogP contribution in [-0.2, 0) is 4.74 Å². The Labute approximate surface area is 135 Å². The summed E-state index contributed by atoms with van der Waals surface area (Å²) in [5, 5.41) is 0. The van der Waals surface area contributed by atoms with Gasteiger partial charge in [0.05, 0.1) is 12.2 Å². The molecule has 0 aromatic heterocycles. The molecule has 0 saturated heterocycles. The molecule has 2 aromatic carbocycles. The Kier molecular flexibility index (Phi) is 5.97. The van der Waals surface area contributed by atoms with Crippen molar-refractivity contribution in [2.75, 3.05) is 0 Å². The summed E-state index contributed by atoms with van der Waals surface area (Å²) in [5.74, 6) is 0. The Morgan fingerprint density at radius 1 is 1.05 bits per heavy atom. The average Bonchev–Trinajstić information content (AvgIpc) is 2.53. The first kappa shape index (κ1) is 16.2. The molecule has 0 fully saturated rings. The zero-order valence-corrected chi connectivity index (χ0v) is 14.1. The Morgan fingerprint density at radius 3 is 2.29 bits per heavy atom. The molecule has 3 atom stereocenters. The van der Waals surface area contributed by atoms with E-state index in [1.807, 2.05) is 36.4 Å². The van der Waals surface area contributed by atoms with Gasteiger partial charge in [0.15, 0.2) is 0 Å². The summed E-state index contributed by atoms with van der Waals surface area (Å²) >= 11 is 3.61. The van der Waals surface area contributed by atoms with Gasteiger partial charge in [-0.1, -0.05) is 71.4 Å². The monoisotopic (exact) mass is 347 g/mol. The fourth-order valence-corrected chi connectivity index (χ4v) is 2.86. The van der Waals surface area contributed by atoms with Gasteiger partial charge in [-0.25, -0.2) is 0 Å². The van der Waals surface area contributed by atoms with E-state index in [1.54, 1.807) is 0 Å². The lowest BCUT2D eigenvalue weighted by atomic mass is 10.00. The molecular weight excluding hydrogens is 326 g/mol. The van der Waals surface area contributed by atoms with E-state index in [-0.39, 0.29) is 18.2 Å². The van der Waals surface area contributed by atoms with Gasteiger partial charge in [-0.2, -0.15) is 0 Å². The van der Waals surface area contributed by atoms with Crippen molar-refractivity contribution >= 4 is 15.9 Å². The van der Waals surface area contributed by atoms with Crippen LogP contribution in [0, 0.1) is 0 Å². The van der Waals surface area contributed by atoms with Gasteiger partial charge in [-0.05, 0) is 30.5 Å². The smallest absolute Gasteiger partial charge is 0.0994 e. The van der Waals surface area contributed by atoms with Crippen molar-refractivity contribution in [1.29, 1.82) is 0 Å². The molecule has 3 unspecified atom stereocenters. The number of rotatable bonds is 6. The fraction of sp³-hybridized carbons (Fsp3) is 0.333. The predicted molar refractivity (Wildman–Crippen MR) is 91.1 cm³/mol. The highest BCUT2D eigenvalue weighted by Crippen LogP contribution is 2.33. The van der Waals surface area contributed by atoms with E-state index in [2.05, 4.69) is 48.0 Å². The summed E-state index contributed by atoms with van der Waals surface area (Å²) < 4.78 is 7.34. The summed E-state index contributed by atoms with van der Waals surface area (Å²) in [7, 11) is 0. The van der Waals surface area contributed by atoms with Crippen LogP contribution in [0.5, 0.6) is 0 Å². The second kappa shape index (κ2) is 7.74. The lowest BCUT2D eigenvalue weighted by molar-refractivity contribution is -0.0203. The minimum absolute atomic E-state index is 0.000839. The molecule has 0 aliphatic rings. The molecular formula is C18H22BrNO. The molecule has 0 heterocycles. The summed E-state index contributed by atoms with van der Waals surface area (Å²) in [6.45, 7) is 4.16. The van der Waals surface area contributed by atoms with E-state index in [0.29, 0.717) is 0 Å². The molecule has 112 valence electrons. The standard InChI is InChI=1S/C18H22BrNO/c1-3-17(20)18(15-11-7-8-12-16(15)19)21-13(2)14-9-5-4-6-10-14/h4-13,17-18H,3,20H2,1-2H3. The number of halogens is 1. The maximum Gasteiger partial charge on any atom is 0.0994 e. The number of hydrogen-bond donors (Lipinski definition) is 1. The van der Waals surface area contributed by atoms with Crippen molar-refractivity contribution in [1.82, 2.24) is 0 Å². The molecule has 0 saturated carbocycles. The molecule has 3 heteroatoms. The first-order valence-corrected chi connectivity index (χ1v) is 8.13. The highest BCUT2D eigenvalue weighted by Gasteiger charge is 2.24. The molecule has 2 nitrogen and oxygen atoms in total. The molecule has 0 amide bonds. The first-order valence-electron chi connectivity index (χ1n) is 7.34. The van der Waals surface area contributed by atoms with Gasteiger partial charge in [-0.15, -0.1) is 0 Å². The molecule has 0 aliphatic carbocycles. The van der Waals surface area contributed by atoms with Crippen molar-refractivity contribution in [3.05, 3.63) is 70.2 Å². The van der Waals surface area contributed by atoms with Crippen LogP contribution in [0.1, 0.15) is 43.6 Å². The maximum absolute atomic E-state index is 6.30. The first-order chi connectivity index (χ1) is 10.1. The molecule has 0 aliphatic heterocycles. The molecule has 21 heavy (non-hydrogen) atoms. The van der Waals surface area contributed by atoms with Crippen molar-refractivity contribution < 1.29 is 4.74 Å². The van der Waals surface area contributed by atoms with Crippen LogP contribution in [0.3, 0.4) is 0 Å². The summed E-state index contributed by atoms with van der Waals surface area (Å²) in [6.07, 6.45) is 0.745. The number of hydrogen-bond acceptors (Lipinski definition) is 2. The normalized spacial score (nSPS) is 15.4. The molecule has 2 N–H and O–H groups in total. The number of ether oxygens (including phenoxy) is 1. The van der Waals surface area contributed by atoms with Crippen LogP contribution < -0.4 is 5.73 Å². The summed E-state index contributed by atoms with van der Waals surface area (Å²) in [5.41, 5.74) is 8.57. The van der Waals surface area contributed by atoms with Gasteiger partial charge >= 0.3 is 0 Å².